The van der Waals surface area contributed by atoms with Crippen molar-refractivity contribution in [2.45, 2.75) is 32.6 Å². The minimum atomic E-state index is -0.318. The second-order valence-corrected chi connectivity index (χ2v) is 9.59. The van der Waals surface area contributed by atoms with Gasteiger partial charge in [-0.1, -0.05) is 42.5 Å². The number of benzene rings is 3. The number of para-hydroxylation sites is 1. The molecule has 0 bridgehead atoms. The number of aryl methyl sites for hydroxylation is 2. The van der Waals surface area contributed by atoms with Crippen LogP contribution in [0.1, 0.15) is 30.0 Å². The summed E-state index contributed by atoms with van der Waals surface area (Å²) < 4.78 is 12.1. The largest absolute Gasteiger partial charge is 0.497 e. The maximum absolute atomic E-state index is 10.8. The number of rotatable bonds is 9. The van der Waals surface area contributed by atoms with E-state index in [0.717, 1.165) is 39.1 Å². The molecule has 206 valence electrons. The van der Waals surface area contributed by atoms with Crippen molar-refractivity contribution in [3.05, 3.63) is 95.7 Å². The zero-order valence-corrected chi connectivity index (χ0v) is 24.1. The van der Waals surface area contributed by atoms with Crippen LogP contribution in [0.4, 0.5) is 0 Å². The molecule has 1 aromatic heterocycles. The van der Waals surface area contributed by atoms with E-state index in [9.17, 15) is 14.4 Å². The molecule has 6 nitrogen and oxygen atoms in total. The van der Waals surface area contributed by atoms with Crippen LogP contribution in [-0.4, -0.2) is 35.1 Å². The summed E-state index contributed by atoms with van der Waals surface area (Å²) in [6, 6.07) is 23.1. The van der Waals surface area contributed by atoms with E-state index in [0.29, 0.717) is 25.7 Å². The highest BCUT2D eigenvalue weighted by Gasteiger charge is 2.08. The minimum absolute atomic E-state index is 0.170. The first-order valence-corrected chi connectivity index (χ1v) is 13.0. The fraction of sp³-hybridized carbons (Fsp3) is 0.258. The quantitative estimate of drug-likeness (QED) is 0.209. The minimum Gasteiger partial charge on any atom is -0.497 e. The summed E-state index contributed by atoms with van der Waals surface area (Å²) >= 11 is 10.6. The fourth-order valence-electron chi connectivity index (χ4n) is 3.86. The van der Waals surface area contributed by atoms with Gasteiger partial charge in [-0.25, -0.2) is 0 Å². The number of nitrogens with zero attached hydrogens (tertiary/aromatic N) is 1. The normalized spacial score (nSPS) is 10.0. The molecule has 0 saturated heterocycles. The van der Waals surface area contributed by atoms with E-state index in [2.05, 4.69) is 0 Å². The maximum Gasteiger partial charge on any atom is 0.226 e. The van der Waals surface area contributed by atoms with Crippen molar-refractivity contribution in [2.24, 2.45) is 7.05 Å². The van der Waals surface area contributed by atoms with Gasteiger partial charge in [-0.05, 0) is 83.6 Å². The van der Waals surface area contributed by atoms with Gasteiger partial charge in [0.25, 0.3) is 0 Å². The number of hydrogen-bond acceptors (Lipinski definition) is 5. The number of Topliss-reactive ketones (excluding diaryl/α,β-unsaturated/α-hetero) is 1. The van der Waals surface area contributed by atoms with Crippen molar-refractivity contribution in [1.82, 2.24) is 4.57 Å². The van der Waals surface area contributed by atoms with Crippen LogP contribution in [0.2, 0.25) is 0 Å². The van der Waals surface area contributed by atoms with Crippen LogP contribution in [0.15, 0.2) is 79.0 Å². The molecule has 0 amide bonds. The van der Waals surface area contributed by atoms with Crippen molar-refractivity contribution in [3.63, 3.8) is 0 Å². The second-order valence-electron chi connectivity index (χ2n) is 8.75. The van der Waals surface area contributed by atoms with Gasteiger partial charge < -0.3 is 14.0 Å². The van der Waals surface area contributed by atoms with Crippen LogP contribution in [0.3, 0.4) is 0 Å². The van der Waals surface area contributed by atoms with Crippen LogP contribution in [0, 0.1) is 0 Å². The molecule has 0 unspecified atom stereocenters. The average molecular weight is 571 g/mol. The van der Waals surface area contributed by atoms with E-state index in [1.807, 2.05) is 90.6 Å². The molecular formula is C31H33Cl2NO5. The predicted molar refractivity (Wildman–Crippen MR) is 157 cm³/mol. The third kappa shape index (κ3) is 11.3. The Morgan fingerprint density at radius 1 is 0.769 bits per heavy atom. The molecule has 0 fully saturated rings. The van der Waals surface area contributed by atoms with Crippen LogP contribution in [-0.2, 0) is 40.7 Å². The predicted octanol–water partition coefficient (Wildman–Crippen LogP) is 6.71. The third-order valence-electron chi connectivity index (χ3n) is 5.64. The molecule has 0 radical (unpaired) electrons. The smallest absolute Gasteiger partial charge is 0.226 e. The van der Waals surface area contributed by atoms with Crippen molar-refractivity contribution in [3.8, 4) is 11.5 Å². The van der Waals surface area contributed by atoms with Gasteiger partial charge in [0.15, 0.2) is 0 Å². The van der Waals surface area contributed by atoms with E-state index in [1.165, 1.54) is 0 Å². The molecule has 0 aliphatic carbocycles. The monoisotopic (exact) mass is 569 g/mol. The SMILES string of the molecule is COc1cccc(CC(C)=O)c1.COc1cccc(CCC(=O)Cl)c1.Cn1cc(CC(=O)Cl)c2ccccc21. The highest BCUT2D eigenvalue weighted by atomic mass is 35.5. The zero-order valence-electron chi connectivity index (χ0n) is 22.6. The van der Waals surface area contributed by atoms with Gasteiger partial charge in [-0.2, -0.15) is 0 Å². The lowest BCUT2D eigenvalue weighted by Gasteiger charge is -2.02. The molecule has 0 atom stereocenters. The molecule has 39 heavy (non-hydrogen) atoms. The molecule has 0 aliphatic rings. The number of carbonyl (C=O) groups excluding carboxylic acids is 3. The second kappa shape index (κ2) is 16.4. The van der Waals surface area contributed by atoms with Gasteiger partial charge in [0, 0.05) is 43.4 Å². The van der Waals surface area contributed by atoms with Crippen LogP contribution in [0.5, 0.6) is 11.5 Å². The molecule has 4 rings (SSSR count). The number of fused-ring (bicyclic) bond motifs is 1. The highest BCUT2D eigenvalue weighted by molar-refractivity contribution is 6.64. The van der Waals surface area contributed by atoms with Crippen molar-refractivity contribution < 1.29 is 23.9 Å². The Labute approximate surface area is 239 Å². The Morgan fingerprint density at radius 3 is 1.92 bits per heavy atom. The summed E-state index contributed by atoms with van der Waals surface area (Å²) in [5.41, 5.74) is 4.18. The number of aromatic nitrogens is 1. The van der Waals surface area contributed by atoms with E-state index in [1.54, 1.807) is 21.1 Å². The summed E-state index contributed by atoms with van der Waals surface area (Å²) in [6.45, 7) is 1.58. The summed E-state index contributed by atoms with van der Waals surface area (Å²) in [5.74, 6) is 1.77. The van der Waals surface area contributed by atoms with E-state index in [-0.39, 0.29) is 16.3 Å². The molecule has 0 spiro atoms. The molecule has 4 aromatic rings. The number of hydrogen-bond donors (Lipinski definition) is 0. The van der Waals surface area contributed by atoms with E-state index >= 15 is 0 Å². The first-order valence-electron chi connectivity index (χ1n) is 12.3. The number of methoxy groups -OCH3 is 2. The lowest BCUT2D eigenvalue weighted by molar-refractivity contribution is -0.116. The van der Waals surface area contributed by atoms with Gasteiger partial charge in [0.05, 0.1) is 14.2 Å². The Balaban J connectivity index is 0.000000206. The first-order chi connectivity index (χ1) is 18.6. The van der Waals surface area contributed by atoms with Gasteiger partial charge in [-0.15, -0.1) is 0 Å². The molecule has 8 heteroatoms. The Bertz CT molecular complexity index is 1400. The number of carbonyl (C=O) groups is 3. The molecule has 0 N–H and O–H groups in total. The number of ether oxygens (including phenoxy) is 2. The van der Waals surface area contributed by atoms with Crippen molar-refractivity contribution >= 4 is 50.4 Å². The van der Waals surface area contributed by atoms with E-state index < -0.39 is 0 Å². The van der Waals surface area contributed by atoms with Crippen molar-refractivity contribution in [2.75, 3.05) is 14.2 Å². The Kier molecular flexibility index (Phi) is 13.3. The van der Waals surface area contributed by atoms with Crippen LogP contribution in [0.25, 0.3) is 10.9 Å². The number of ketones is 1. The van der Waals surface area contributed by atoms with Gasteiger partial charge >= 0.3 is 0 Å². The van der Waals surface area contributed by atoms with Gasteiger partial charge in [0.1, 0.15) is 17.3 Å². The first kappa shape index (κ1) is 31.6. The van der Waals surface area contributed by atoms with Gasteiger partial charge in [0.2, 0.25) is 10.5 Å². The standard InChI is InChI=1S/C11H10ClNO.C10H11ClO2.C10H12O2/c1-13-7-8(6-11(12)14)9-4-2-3-5-10(9)13;1-13-9-4-2-3-8(7-9)5-6-10(11)12;1-8(11)6-9-4-3-5-10(7-9)12-2/h2-5,7H,6H2,1H3;2-4,7H,5-6H2,1H3;3-5,7H,6H2,1-2H3. The Hall–Kier alpha value is -3.61. The topological polar surface area (TPSA) is 74.6 Å². The molecular weight excluding hydrogens is 537 g/mol. The summed E-state index contributed by atoms with van der Waals surface area (Å²) in [4.78, 5) is 32.1. The molecule has 0 aliphatic heterocycles. The van der Waals surface area contributed by atoms with Crippen LogP contribution < -0.4 is 9.47 Å². The molecule has 3 aromatic carbocycles. The summed E-state index contributed by atoms with van der Waals surface area (Å²) in [7, 11) is 5.20. The molecule has 1 heterocycles. The lowest BCUT2D eigenvalue weighted by Crippen LogP contribution is -1.96. The summed E-state index contributed by atoms with van der Waals surface area (Å²) in [6.07, 6.45) is 3.76. The maximum atomic E-state index is 10.8. The lowest BCUT2D eigenvalue weighted by atomic mass is 10.1. The van der Waals surface area contributed by atoms with Crippen molar-refractivity contribution in [1.29, 1.82) is 0 Å². The third-order valence-corrected chi connectivity index (χ3v) is 5.96. The fourth-order valence-corrected chi connectivity index (χ4v) is 4.10. The summed E-state index contributed by atoms with van der Waals surface area (Å²) in [5, 5.41) is 0.480. The van der Waals surface area contributed by atoms with E-state index in [4.69, 9.17) is 32.7 Å². The van der Waals surface area contributed by atoms with Gasteiger partial charge in [-0.3, -0.25) is 14.4 Å². The Morgan fingerprint density at radius 2 is 1.36 bits per heavy atom. The molecule has 0 saturated carbocycles. The highest BCUT2D eigenvalue weighted by Crippen LogP contribution is 2.21. The zero-order chi connectivity index (χ0) is 28.8. The average Bonchev–Trinajstić information content (AvgIpc) is 3.22. The van der Waals surface area contributed by atoms with Crippen LogP contribution >= 0.6 is 23.2 Å². The number of halogens is 2.